The van der Waals surface area contributed by atoms with Crippen LogP contribution in [0.15, 0.2) is 12.1 Å². The first kappa shape index (κ1) is 16.2. The molecule has 0 saturated carbocycles. The van der Waals surface area contributed by atoms with Gasteiger partial charge in [0.15, 0.2) is 5.78 Å². The fraction of sp³-hybridized carbons (Fsp3) is 0.500. The molecule has 0 aliphatic rings. The van der Waals surface area contributed by atoms with Gasteiger partial charge in [0.25, 0.3) is 0 Å². The second-order valence-corrected chi connectivity index (χ2v) is 4.72. The molecule has 4 nitrogen and oxygen atoms in total. The maximum atomic E-state index is 12.2. The number of hydrogen-bond donors (Lipinski definition) is 0. The molecular formula is C16H22O4. The molecule has 0 radical (unpaired) electrons. The van der Waals surface area contributed by atoms with E-state index in [4.69, 9.17) is 4.74 Å². The van der Waals surface area contributed by atoms with Gasteiger partial charge in [-0.3, -0.25) is 9.59 Å². The van der Waals surface area contributed by atoms with Crippen LogP contribution in [0, 0.1) is 13.8 Å². The van der Waals surface area contributed by atoms with E-state index in [-0.39, 0.29) is 18.2 Å². The number of carbonyl (C=O) groups excluding carboxylic acids is 2. The van der Waals surface area contributed by atoms with Crippen molar-refractivity contribution >= 4 is 11.8 Å². The predicted octanol–water partition coefficient (Wildman–Crippen LogP) is 3.23. The average molecular weight is 278 g/mol. The van der Waals surface area contributed by atoms with Crippen LogP contribution in [0.4, 0.5) is 0 Å². The summed E-state index contributed by atoms with van der Waals surface area (Å²) < 4.78 is 10.1. The molecule has 0 aliphatic carbocycles. The Bertz CT molecular complexity index is 491. The van der Waals surface area contributed by atoms with Gasteiger partial charge in [-0.05, 0) is 50.5 Å². The minimum Gasteiger partial charge on any atom is -0.494 e. The van der Waals surface area contributed by atoms with Crippen molar-refractivity contribution in [1.82, 2.24) is 0 Å². The van der Waals surface area contributed by atoms with Gasteiger partial charge in [-0.1, -0.05) is 0 Å². The Hall–Kier alpha value is -1.84. The molecule has 20 heavy (non-hydrogen) atoms. The zero-order valence-electron chi connectivity index (χ0n) is 12.6. The van der Waals surface area contributed by atoms with Crippen molar-refractivity contribution in [2.45, 2.75) is 40.0 Å². The van der Waals surface area contributed by atoms with Gasteiger partial charge in [0, 0.05) is 18.4 Å². The van der Waals surface area contributed by atoms with Gasteiger partial charge in [0.05, 0.1) is 13.7 Å². The van der Waals surface area contributed by atoms with Crippen LogP contribution in [0.2, 0.25) is 0 Å². The summed E-state index contributed by atoms with van der Waals surface area (Å²) in [6.07, 6.45) is 1.14. The highest BCUT2D eigenvalue weighted by Crippen LogP contribution is 2.24. The number of benzene rings is 1. The molecular weight excluding hydrogens is 256 g/mol. The Morgan fingerprint density at radius 1 is 1.10 bits per heavy atom. The predicted molar refractivity (Wildman–Crippen MR) is 77.3 cm³/mol. The largest absolute Gasteiger partial charge is 0.494 e. The van der Waals surface area contributed by atoms with Crippen LogP contribution in [0.1, 0.15) is 47.7 Å². The van der Waals surface area contributed by atoms with Crippen molar-refractivity contribution in [2.75, 3.05) is 13.7 Å². The first-order valence-corrected chi connectivity index (χ1v) is 6.83. The third-order valence-electron chi connectivity index (χ3n) is 3.13. The highest BCUT2D eigenvalue weighted by molar-refractivity contribution is 5.98. The Balaban J connectivity index is 2.73. The van der Waals surface area contributed by atoms with E-state index in [0.717, 1.165) is 16.9 Å². The molecule has 0 heterocycles. The molecule has 0 fully saturated rings. The molecule has 1 rings (SSSR count). The third-order valence-corrected chi connectivity index (χ3v) is 3.13. The summed E-state index contributed by atoms with van der Waals surface area (Å²) in [5, 5.41) is 0. The second-order valence-electron chi connectivity index (χ2n) is 4.72. The minimum atomic E-state index is -0.280. The topological polar surface area (TPSA) is 52.6 Å². The summed E-state index contributed by atoms with van der Waals surface area (Å²) >= 11 is 0. The van der Waals surface area contributed by atoms with Crippen molar-refractivity contribution < 1.29 is 19.1 Å². The lowest BCUT2D eigenvalue weighted by atomic mass is 9.98. The molecule has 4 heteroatoms. The number of Topliss-reactive ketones (excluding diaryl/α,β-unsaturated/α-hetero) is 1. The zero-order valence-corrected chi connectivity index (χ0v) is 12.6. The average Bonchev–Trinajstić information content (AvgIpc) is 2.42. The van der Waals surface area contributed by atoms with Crippen LogP contribution in [-0.2, 0) is 9.53 Å². The first-order chi connectivity index (χ1) is 9.49. The smallest absolute Gasteiger partial charge is 0.305 e. The van der Waals surface area contributed by atoms with Gasteiger partial charge < -0.3 is 9.47 Å². The van der Waals surface area contributed by atoms with Gasteiger partial charge in [0.2, 0.25) is 0 Å². The number of aryl methyl sites for hydroxylation is 2. The zero-order chi connectivity index (χ0) is 15.1. The van der Waals surface area contributed by atoms with Crippen molar-refractivity contribution in [3.63, 3.8) is 0 Å². The summed E-state index contributed by atoms with van der Waals surface area (Å²) in [5.41, 5.74) is 2.56. The molecule has 0 saturated heterocycles. The molecule has 1 aromatic rings. The summed E-state index contributed by atoms with van der Waals surface area (Å²) in [6, 6.07) is 3.76. The summed E-state index contributed by atoms with van der Waals surface area (Å²) in [7, 11) is 1.35. The molecule has 0 unspecified atom stereocenters. The van der Waals surface area contributed by atoms with E-state index in [1.54, 1.807) is 0 Å². The lowest BCUT2D eigenvalue weighted by molar-refractivity contribution is -0.140. The summed E-state index contributed by atoms with van der Waals surface area (Å²) in [4.78, 5) is 23.2. The Kier molecular flexibility index (Phi) is 6.22. The highest BCUT2D eigenvalue weighted by Gasteiger charge is 2.13. The van der Waals surface area contributed by atoms with E-state index in [9.17, 15) is 9.59 Å². The number of rotatable bonds is 7. The van der Waals surface area contributed by atoms with E-state index in [1.807, 2.05) is 32.9 Å². The van der Waals surface area contributed by atoms with Crippen molar-refractivity contribution in [3.8, 4) is 5.75 Å². The second kappa shape index (κ2) is 7.68. The number of methoxy groups -OCH3 is 1. The van der Waals surface area contributed by atoms with Gasteiger partial charge in [-0.25, -0.2) is 0 Å². The first-order valence-electron chi connectivity index (χ1n) is 6.83. The van der Waals surface area contributed by atoms with E-state index < -0.39 is 0 Å². The maximum absolute atomic E-state index is 12.2. The molecule has 0 amide bonds. The SMILES string of the molecule is CCOc1cc(C)c(C(=O)CCCC(=O)OC)cc1C. The van der Waals surface area contributed by atoms with Crippen LogP contribution < -0.4 is 4.74 Å². The molecule has 0 aliphatic heterocycles. The molecule has 0 atom stereocenters. The van der Waals surface area contributed by atoms with E-state index in [2.05, 4.69) is 4.74 Å². The Morgan fingerprint density at radius 2 is 1.80 bits per heavy atom. The quantitative estimate of drug-likeness (QED) is 0.567. The lowest BCUT2D eigenvalue weighted by Crippen LogP contribution is -2.06. The lowest BCUT2D eigenvalue weighted by Gasteiger charge is -2.11. The molecule has 0 spiro atoms. The van der Waals surface area contributed by atoms with E-state index >= 15 is 0 Å². The van der Waals surface area contributed by atoms with Crippen LogP contribution in [0.3, 0.4) is 0 Å². The van der Waals surface area contributed by atoms with E-state index in [1.165, 1.54) is 7.11 Å². The maximum Gasteiger partial charge on any atom is 0.305 e. The minimum absolute atomic E-state index is 0.0533. The third kappa shape index (κ3) is 4.37. The van der Waals surface area contributed by atoms with Gasteiger partial charge >= 0.3 is 5.97 Å². The number of ketones is 1. The van der Waals surface area contributed by atoms with Crippen LogP contribution in [0.25, 0.3) is 0 Å². The highest BCUT2D eigenvalue weighted by atomic mass is 16.5. The molecule has 110 valence electrons. The van der Waals surface area contributed by atoms with Crippen molar-refractivity contribution in [3.05, 3.63) is 28.8 Å². The summed E-state index contributed by atoms with van der Waals surface area (Å²) in [6.45, 7) is 6.36. The standard InChI is InChI=1S/C16H22O4/c1-5-20-15-10-11(2)13(9-12(15)3)14(17)7-6-8-16(18)19-4/h9-10H,5-8H2,1-4H3. The van der Waals surface area contributed by atoms with Crippen LogP contribution in [0.5, 0.6) is 5.75 Å². The number of ether oxygens (including phenoxy) is 2. The van der Waals surface area contributed by atoms with Gasteiger partial charge in [-0.2, -0.15) is 0 Å². The van der Waals surface area contributed by atoms with Crippen molar-refractivity contribution in [1.29, 1.82) is 0 Å². The van der Waals surface area contributed by atoms with Gasteiger partial charge in [-0.15, -0.1) is 0 Å². The van der Waals surface area contributed by atoms with Crippen molar-refractivity contribution in [2.24, 2.45) is 0 Å². The number of hydrogen-bond acceptors (Lipinski definition) is 4. The fourth-order valence-electron chi connectivity index (χ4n) is 2.03. The van der Waals surface area contributed by atoms with Gasteiger partial charge in [0.1, 0.15) is 5.75 Å². The molecule has 0 N–H and O–H groups in total. The molecule has 0 bridgehead atoms. The van der Waals surface area contributed by atoms with Crippen LogP contribution in [-0.4, -0.2) is 25.5 Å². The van der Waals surface area contributed by atoms with Crippen LogP contribution >= 0.6 is 0 Å². The Labute approximate surface area is 120 Å². The Morgan fingerprint density at radius 3 is 2.40 bits per heavy atom. The van der Waals surface area contributed by atoms with E-state index in [0.29, 0.717) is 25.0 Å². The fourth-order valence-corrected chi connectivity index (χ4v) is 2.03. The normalized spacial score (nSPS) is 10.2. The number of carbonyl (C=O) groups is 2. The number of esters is 1. The molecule has 0 aromatic heterocycles. The molecule has 1 aromatic carbocycles. The monoisotopic (exact) mass is 278 g/mol. The summed E-state index contributed by atoms with van der Waals surface area (Å²) in [5.74, 6) is 0.589.